The number of thiocarbonyl (C=S) groups is 1. The topological polar surface area (TPSA) is 83.4 Å². The number of amides is 3. The minimum atomic E-state index is -0.575. The van der Waals surface area contributed by atoms with Crippen molar-refractivity contribution in [3.63, 3.8) is 0 Å². The van der Waals surface area contributed by atoms with Gasteiger partial charge in [-0.25, -0.2) is 0 Å². The number of anilines is 1. The SMILES string of the molecule is Cc1cc(/C=C2\C(=O)NC(=S)N(c3cccc(Br)c3)C2=O)c(C)n1NC(=O)c1ccccc1. The summed E-state index contributed by atoms with van der Waals surface area (Å²) in [5.74, 6) is -1.37. The molecule has 0 unspecified atom stereocenters. The molecule has 1 aromatic heterocycles. The Morgan fingerprint density at radius 2 is 1.79 bits per heavy atom. The van der Waals surface area contributed by atoms with E-state index in [9.17, 15) is 14.4 Å². The van der Waals surface area contributed by atoms with Crippen molar-refractivity contribution < 1.29 is 14.4 Å². The molecule has 2 heterocycles. The summed E-state index contributed by atoms with van der Waals surface area (Å²) in [6, 6.07) is 17.7. The monoisotopic (exact) mass is 522 g/mol. The van der Waals surface area contributed by atoms with Gasteiger partial charge in [-0.2, -0.15) is 0 Å². The van der Waals surface area contributed by atoms with Crippen molar-refractivity contribution in [3.05, 3.63) is 93.2 Å². The van der Waals surface area contributed by atoms with E-state index in [4.69, 9.17) is 12.2 Å². The van der Waals surface area contributed by atoms with Crippen molar-refractivity contribution in [2.24, 2.45) is 0 Å². The molecule has 9 heteroatoms. The molecule has 0 radical (unpaired) electrons. The number of nitrogens with zero attached hydrogens (tertiary/aromatic N) is 2. The van der Waals surface area contributed by atoms with Crippen molar-refractivity contribution in [1.29, 1.82) is 0 Å². The van der Waals surface area contributed by atoms with Gasteiger partial charge in [-0.15, -0.1) is 0 Å². The molecule has 0 spiro atoms. The number of nitrogens with one attached hydrogen (secondary N) is 2. The number of hydrogen-bond donors (Lipinski definition) is 2. The van der Waals surface area contributed by atoms with Crippen molar-refractivity contribution in [2.75, 3.05) is 10.3 Å². The molecule has 3 aromatic rings. The first-order chi connectivity index (χ1) is 15.8. The lowest BCUT2D eigenvalue weighted by atomic mass is 10.1. The van der Waals surface area contributed by atoms with E-state index in [2.05, 4.69) is 26.7 Å². The van der Waals surface area contributed by atoms with E-state index < -0.39 is 11.8 Å². The average molecular weight is 523 g/mol. The summed E-state index contributed by atoms with van der Waals surface area (Å²) in [5.41, 5.74) is 5.89. The first kappa shape index (κ1) is 22.6. The van der Waals surface area contributed by atoms with E-state index in [0.717, 1.165) is 10.2 Å². The maximum atomic E-state index is 13.2. The predicted octanol–water partition coefficient (Wildman–Crippen LogP) is 4.08. The smallest absolute Gasteiger partial charge is 0.270 e. The van der Waals surface area contributed by atoms with Crippen molar-refractivity contribution in [3.8, 4) is 0 Å². The third-order valence-corrected chi connectivity index (χ3v) is 5.97. The van der Waals surface area contributed by atoms with Gasteiger partial charge >= 0.3 is 0 Å². The summed E-state index contributed by atoms with van der Waals surface area (Å²) in [7, 11) is 0. The van der Waals surface area contributed by atoms with E-state index in [1.54, 1.807) is 60.1 Å². The van der Waals surface area contributed by atoms with E-state index in [1.807, 2.05) is 19.1 Å². The molecule has 1 aliphatic heterocycles. The van der Waals surface area contributed by atoms with Crippen molar-refractivity contribution in [1.82, 2.24) is 9.99 Å². The Balaban J connectivity index is 1.67. The number of rotatable bonds is 4. The summed E-state index contributed by atoms with van der Waals surface area (Å²) in [5, 5.41) is 2.59. The normalized spacial score (nSPS) is 15.1. The lowest BCUT2D eigenvalue weighted by Crippen LogP contribution is -2.54. The highest BCUT2D eigenvalue weighted by Crippen LogP contribution is 2.26. The number of hydrogen-bond acceptors (Lipinski definition) is 4. The summed E-state index contributed by atoms with van der Waals surface area (Å²) in [6.07, 6.45) is 1.51. The number of benzene rings is 2. The third kappa shape index (κ3) is 4.50. The van der Waals surface area contributed by atoms with Gasteiger partial charge in [0.2, 0.25) is 0 Å². The Labute approximate surface area is 204 Å². The second-order valence-electron chi connectivity index (χ2n) is 7.41. The fourth-order valence-electron chi connectivity index (χ4n) is 3.52. The second-order valence-corrected chi connectivity index (χ2v) is 8.71. The van der Waals surface area contributed by atoms with Gasteiger partial charge in [0.05, 0.1) is 5.69 Å². The molecule has 0 aliphatic carbocycles. The predicted molar refractivity (Wildman–Crippen MR) is 134 cm³/mol. The first-order valence-electron chi connectivity index (χ1n) is 9.98. The highest BCUT2D eigenvalue weighted by molar-refractivity contribution is 9.10. The first-order valence-corrected chi connectivity index (χ1v) is 11.2. The molecule has 4 rings (SSSR count). The lowest BCUT2D eigenvalue weighted by Gasteiger charge is -2.29. The van der Waals surface area contributed by atoms with Gasteiger partial charge in [-0.05, 0) is 74.1 Å². The number of halogens is 1. The molecular formula is C24H19BrN4O3S. The highest BCUT2D eigenvalue weighted by atomic mass is 79.9. The second kappa shape index (κ2) is 9.13. The quantitative estimate of drug-likeness (QED) is 0.307. The molecular weight excluding hydrogens is 504 g/mol. The van der Waals surface area contributed by atoms with Crippen molar-refractivity contribution in [2.45, 2.75) is 13.8 Å². The van der Waals surface area contributed by atoms with E-state index in [0.29, 0.717) is 22.5 Å². The number of carbonyl (C=O) groups is 3. The van der Waals surface area contributed by atoms with Crippen LogP contribution in [0.2, 0.25) is 0 Å². The van der Waals surface area contributed by atoms with E-state index in [1.165, 1.54) is 11.0 Å². The van der Waals surface area contributed by atoms with Crippen LogP contribution < -0.4 is 15.6 Å². The number of aryl methyl sites for hydroxylation is 1. The van der Waals surface area contributed by atoms with Gasteiger partial charge in [0, 0.05) is 21.4 Å². The fourth-order valence-corrected chi connectivity index (χ4v) is 4.19. The Morgan fingerprint density at radius 1 is 1.06 bits per heavy atom. The van der Waals surface area contributed by atoms with Crippen LogP contribution in [0.3, 0.4) is 0 Å². The van der Waals surface area contributed by atoms with Gasteiger partial charge in [0.15, 0.2) is 5.11 Å². The zero-order valence-corrected chi connectivity index (χ0v) is 20.2. The molecule has 1 fully saturated rings. The van der Waals surface area contributed by atoms with Gasteiger partial charge in [-0.3, -0.25) is 34.7 Å². The summed E-state index contributed by atoms with van der Waals surface area (Å²) >= 11 is 8.63. The minimum Gasteiger partial charge on any atom is -0.298 e. The molecule has 33 heavy (non-hydrogen) atoms. The molecule has 2 N–H and O–H groups in total. The zero-order chi connectivity index (χ0) is 23.7. The molecule has 0 atom stereocenters. The molecule has 1 aliphatic rings. The Kier molecular flexibility index (Phi) is 6.26. The molecule has 2 aromatic carbocycles. The van der Waals surface area contributed by atoms with Crippen molar-refractivity contribution >= 4 is 62.7 Å². The molecule has 0 bridgehead atoms. The maximum Gasteiger partial charge on any atom is 0.270 e. The maximum absolute atomic E-state index is 13.2. The molecule has 7 nitrogen and oxygen atoms in total. The van der Waals surface area contributed by atoms with E-state index in [-0.39, 0.29) is 16.6 Å². The fraction of sp³-hybridized carbons (Fsp3) is 0.0833. The summed E-state index contributed by atoms with van der Waals surface area (Å²) in [4.78, 5) is 39.8. The standard InChI is InChI=1S/C24H19BrN4O3S/c1-14-11-17(15(2)29(14)27-21(30)16-7-4-3-5-8-16)12-20-22(31)26-24(33)28(23(20)32)19-10-6-9-18(25)13-19/h3-13H,1-2H3,(H,27,30)(H,26,31,33)/b20-12+. The summed E-state index contributed by atoms with van der Waals surface area (Å²) < 4.78 is 2.40. The van der Waals surface area contributed by atoms with Gasteiger partial charge in [-0.1, -0.05) is 40.2 Å². The third-order valence-electron chi connectivity index (χ3n) is 5.19. The average Bonchev–Trinajstić information content (AvgIpc) is 3.04. The van der Waals surface area contributed by atoms with Gasteiger partial charge < -0.3 is 0 Å². The van der Waals surface area contributed by atoms with Crippen LogP contribution in [-0.4, -0.2) is 27.5 Å². The lowest BCUT2D eigenvalue weighted by molar-refractivity contribution is -0.122. The molecule has 3 amide bonds. The van der Waals surface area contributed by atoms with Crippen LogP contribution in [0.5, 0.6) is 0 Å². The van der Waals surface area contributed by atoms with Crippen LogP contribution in [0.15, 0.2) is 70.7 Å². The Morgan fingerprint density at radius 3 is 2.48 bits per heavy atom. The largest absolute Gasteiger partial charge is 0.298 e. The molecule has 0 saturated carbocycles. The van der Waals surface area contributed by atoms with Crippen LogP contribution in [-0.2, 0) is 9.59 Å². The number of carbonyl (C=O) groups excluding carboxylic acids is 3. The highest BCUT2D eigenvalue weighted by Gasteiger charge is 2.34. The van der Waals surface area contributed by atoms with Crippen LogP contribution in [0.1, 0.15) is 27.3 Å². The molecule has 166 valence electrons. The Bertz CT molecular complexity index is 1330. The summed E-state index contributed by atoms with van der Waals surface area (Å²) in [6.45, 7) is 3.62. The van der Waals surface area contributed by atoms with E-state index >= 15 is 0 Å². The van der Waals surface area contributed by atoms with Crippen LogP contribution in [0, 0.1) is 13.8 Å². The number of aromatic nitrogens is 1. The van der Waals surface area contributed by atoms with Crippen LogP contribution in [0.4, 0.5) is 5.69 Å². The van der Waals surface area contributed by atoms with Gasteiger partial charge in [0.1, 0.15) is 5.57 Å². The minimum absolute atomic E-state index is 0.0147. The Hall–Kier alpha value is -3.56. The van der Waals surface area contributed by atoms with Crippen LogP contribution in [0.25, 0.3) is 6.08 Å². The van der Waals surface area contributed by atoms with Crippen LogP contribution >= 0.6 is 28.1 Å². The zero-order valence-electron chi connectivity index (χ0n) is 17.8. The molecule has 1 saturated heterocycles. The van der Waals surface area contributed by atoms with Gasteiger partial charge in [0.25, 0.3) is 17.7 Å².